The highest BCUT2D eigenvalue weighted by Gasteiger charge is 2.14. The first-order valence-corrected chi connectivity index (χ1v) is 8.08. The van der Waals surface area contributed by atoms with Gasteiger partial charge < -0.3 is 15.2 Å². The lowest BCUT2D eigenvalue weighted by atomic mass is 10.3. The van der Waals surface area contributed by atoms with Crippen LogP contribution >= 0.6 is 23.1 Å². The molecule has 0 bridgehead atoms. The molecule has 1 aromatic heterocycles. The number of aliphatic carboxylic acids is 1. The quantitative estimate of drug-likeness (QED) is 0.562. The van der Waals surface area contributed by atoms with E-state index in [1.165, 1.54) is 48.8 Å². The maximum Gasteiger partial charge on any atom is 0.313 e. The largest absolute Gasteiger partial charge is 0.481 e. The molecule has 6 nitrogen and oxygen atoms in total. The fraction of sp³-hybridized carbons (Fsp3) is 0.727. The van der Waals surface area contributed by atoms with Gasteiger partial charge in [-0.2, -0.15) is 0 Å². The number of rotatable bonds is 8. The smallest absolute Gasteiger partial charge is 0.313 e. The summed E-state index contributed by atoms with van der Waals surface area (Å²) in [5, 5.41) is 20.3. The van der Waals surface area contributed by atoms with Crippen molar-refractivity contribution in [2.75, 3.05) is 24.2 Å². The zero-order valence-electron chi connectivity index (χ0n) is 10.5. The van der Waals surface area contributed by atoms with Crippen molar-refractivity contribution in [3.8, 4) is 0 Å². The first-order chi connectivity index (χ1) is 9.24. The number of aromatic nitrogens is 2. The van der Waals surface area contributed by atoms with E-state index in [0.717, 1.165) is 0 Å². The molecule has 1 aromatic rings. The van der Waals surface area contributed by atoms with Gasteiger partial charge in [0.15, 0.2) is 4.34 Å². The van der Waals surface area contributed by atoms with Crippen LogP contribution in [-0.2, 0) is 9.53 Å². The molecule has 0 radical (unpaired) electrons. The Balaban J connectivity index is 1.61. The summed E-state index contributed by atoms with van der Waals surface area (Å²) in [6.45, 7) is 1.37. The van der Waals surface area contributed by atoms with Crippen molar-refractivity contribution < 1.29 is 14.6 Å². The highest BCUT2D eigenvalue weighted by molar-refractivity contribution is 8.01. The molecule has 2 N–H and O–H groups in total. The van der Waals surface area contributed by atoms with Gasteiger partial charge in [0.1, 0.15) is 0 Å². The van der Waals surface area contributed by atoms with Crippen molar-refractivity contribution in [3.63, 3.8) is 0 Å². The van der Waals surface area contributed by atoms with Gasteiger partial charge in [-0.3, -0.25) is 4.79 Å². The summed E-state index contributed by atoms with van der Waals surface area (Å²) in [7, 11) is 0. The van der Waals surface area contributed by atoms with E-state index in [1.807, 2.05) is 0 Å². The lowest BCUT2D eigenvalue weighted by molar-refractivity contribution is -0.133. The molecule has 1 aliphatic carbocycles. The number of carboxylic acids is 1. The molecule has 0 amide bonds. The third-order valence-electron chi connectivity index (χ3n) is 2.76. The molecule has 1 saturated carbocycles. The van der Waals surface area contributed by atoms with E-state index in [-0.39, 0.29) is 5.75 Å². The number of nitrogens with zero attached hydrogens (tertiary/aromatic N) is 2. The second kappa shape index (κ2) is 7.66. The van der Waals surface area contributed by atoms with Gasteiger partial charge in [-0.15, -0.1) is 10.2 Å². The molecular formula is C11H17N3O3S2. The van der Waals surface area contributed by atoms with E-state index in [9.17, 15) is 4.79 Å². The molecule has 0 saturated heterocycles. The van der Waals surface area contributed by atoms with E-state index >= 15 is 0 Å². The molecule has 8 heteroatoms. The zero-order valence-corrected chi connectivity index (χ0v) is 12.1. The lowest BCUT2D eigenvalue weighted by Crippen LogP contribution is -2.15. The Kier molecular flexibility index (Phi) is 5.87. The molecule has 2 rings (SSSR count). The van der Waals surface area contributed by atoms with Crippen LogP contribution in [0.4, 0.5) is 5.13 Å². The van der Waals surface area contributed by atoms with Gasteiger partial charge >= 0.3 is 5.97 Å². The second-order valence-electron chi connectivity index (χ2n) is 4.26. The van der Waals surface area contributed by atoms with Gasteiger partial charge in [-0.05, 0) is 12.8 Å². The normalized spacial score (nSPS) is 15.8. The van der Waals surface area contributed by atoms with Gasteiger partial charge in [0.05, 0.1) is 18.5 Å². The predicted molar refractivity (Wildman–Crippen MR) is 75.0 cm³/mol. The van der Waals surface area contributed by atoms with Crippen LogP contribution in [0.15, 0.2) is 4.34 Å². The monoisotopic (exact) mass is 303 g/mol. The maximum atomic E-state index is 10.4. The molecule has 0 atom stereocenters. The molecule has 106 valence electrons. The Morgan fingerprint density at radius 1 is 1.47 bits per heavy atom. The van der Waals surface area contributed by atoms with Crippen LogP contribution in [0.1, 0.15) is 25.7 Å². The SMILES string of the molecule is O=C(O)CSc1nnc(NCCOC2CCCC2)s1. The summed E-state index contributed by atoms with van der Waals surface area (Å²) in [5.41, 5.74) is 0. The maximum absolute atomic E-state index is 10.4. The number of hydrogen-bond acceptors (Lipinski definition) is 7. The standard InChI is InChI=1S/C11H17N3O3S2/c15-9(16)7-18-11-14-13-10(19-11)12-5-6-17-8-3-1-2-4-8/h8H,1-7H2,(H,12,13)(H,15,16). The Morgan fingerprint density at radius 3 is 3.00 bits per heavy atom. The molecule has 1 aliphatic rings. The Labute approximate surface area is 120 Å². The first-order valence-electron chi connectivity index (χ1n) is 6.27. The van der Waals surface area contributed by atoms with Gasteiger partial charge in [-0.1, -0.05) is 35.9 Å². The Morgan fingerprint density at radius 2 is 2.26 bits per heavy atom. The van der Waals surface area contributed by atoms with Gasteiger partial charge in [0.25, 0.3) is 0 Å². The molecule has 19 heavy (non-hydrogen) atoms. The number of carboxylic acid groups (broad SMARTS) is 1. The molecular weight excluding hydrogens is 286 g/mol. The number of hydrogen-bond donors (Lipinski definition) is 2. The van der Waals surface area contributed by atoms with Crippen LogP contribution in [-0.4, -0.2) is 46.3 Å². The van der Waals surface area contributed by atoms with Crippen molar-refractivity contribution in [1.29, 1.82) is 0 Å². The minimum atomic E-state index is -0.848. The summed E-state index contributed by atoms with van der Waals surface area (Å²) in [6.07, 6.45) is 5.33. The second-order valence-corrected chi connectivity index (χ2v) is 6.46. The van der Waals surface area contributed by atoms with E-state index in [0.29, 0.717) is 28.7 Å². The van der Waals surface area contributed by atoms with Crippen LogP contribution in [0.5, 0.6) is 0 Å². The van der Waals surface area contributed by atoms with E-state index in [4.69, 9.17) is 9.84 Å². The minimum absolute atomic E-state index is 0.0133. The highest BCUT2D eigenvalue weighted by Crippen LogP contribution is 2.25. The molecule has 1 fully saturated rings. The highest BCUT2D eigenvalue weighted by atomic mass is 32.2. The summed E-state index contributed by atoms with van der Waals surface area (Å²) >= 11 is 2.55. The summed E-state index contributed by atoms with van der Waals surface area (Å²) < 4.78 is 6.39. The number of thioether (sulfide) groups is 1. The first kappa shape index (κ1) is 14.5. The zero-order chi connectivity index (χ0) is 13.5. The number of nitrogens with one attached hydrogen (secondary N) is 1. The Hall–Kier alpha value is -0.860. The number of carbonyl (C=O) groups is 1. The molecule has 0 aliphatic heterocycles. The fourth-order valence-corrected chi connectivity index (χ4v) is 3.40. The molecule has 0 aromatic carbocycles. The van der Waals surface area contributed by atoms with Crippen LogP contribution in [0.3, 0.4) is 0 Å². The van der Waals surface area contributed by atoms with Crippen molar-refractivity contribution in [1.82, 2.24) is 10.2 Å². The van der Waals surface area contributed by atoms with Crippen molar-refractivity contribution in [3.05, 3.63) is 0 Å². The molecule has 0 unspecified atom stereocenters. The minimum Gasteiger partial charge on any atom is -0.481 e. The topological polar surface area (TPSA) is 84.3 Å². The molecule has 1 heterocycles. The molecule has 0 spiro atoms. The lowest BCUT2D eigenvalue weighted by Gasteiger charge is -2.10. The summed E-state index contributed by atoms with van der Waals surface area (Å²) in [4.78, 5) is 10.4. The van der Waals surface area contributed by atoms with E-state index in [2.05, 4.69) is 15.5 Å². The third kappa shape index (κ3) is 5.33. The van der Waals surface area contributed by atoms with Crippen LogP contribution in [0.2, 0.25) is 0 Å². The van der Waals surface area contributed by atoms with Crippen molar-refractivity contribution in [2.24, 2.45) is 0 Å². The van der Waals surface area contributed by atoms with E-state index in [1.54, 1.807) is 0 Å². The number of ether oxygens (including phenoxy) is 1. The average molecular weight is 303 g/mol. The number of anilines is 1. The third-order valence-corrected chi connectivity index (χ3v) is 4.76. The summed E-state index contributed by atoms with van der Waals surface area (Å²) in [6, 6.07) is 0. The fourth-order valence-electron chi connectivity index (χ4n) is 1.90. The average Bonchev–Trinajstić information content (AvgIpc) is 3.04. The summed E-state index contributed by atoms with van der Waals surface area (Å²) in [5.74, 6) is -0.834. The van der Waals surface area contributed by atoms with E-state index < -0.39 is 5.97 Å². The van der Waals surface area contributed by atoms with Crippen LogP contribution in [0.25, 0.3) is 0 Å². The van der Waals surface area contributed by atoms with Gasteiger partial charge in [-0.25, -0.2) is 0 Å². The predicted octanol–water partition coefficient (Wildman–Crippen LogP) is 2.09. The van der Waals surface area contributed by atoms with Gasteiger partial charge in [0, 0.05) is 6.54 Å². The Bertz CT molecular complexity index is 408. The van der Waals surface area contributed by atoms with Crippen LogP contribution < -0.4 is 5.32 Å². The van der Waals surface area contributed by atoms with Crippen molar-refractivity contribution in [2.45, 2.75) is 36.1 Å². The van der Waals surface area contributed by atoms with Crippen molar-refractivity contribution >= 4 is 34.2 Å². The van der Waals surface area contributed by atoms with Gasteiger partial charge in [0.2, 0.25) is 5.13 Å². The van der Waals surface area contributed by atoms with Crippen LogP contribution in [0, 0.1) is 0 Å².